The van der Waals surface area contributed by atoms with Crippen LogP contribution in [-0.2, 0) is 24.2 Å². The average molecular weight is 372 g/mol. The fraction of sp³-hybridized carbons (Fsp3) is 0.474. The molecule has 0 saturated carbocycles. The third-order valence-electron chi connectivity index (χ3n) is 4.51. The summed E-state index contributed by atoms with van der Waals surface area (Å²) in [5.74, 6) is 1.15. The third-order valence-corrected chi connectivity index (χ3v) is 4.51. The van der Waals surface area contributed by atoms with Gasteiger partial charge >= 0.3 is 5.97 Å². The van der Waals surface area contributed by atoms with Gasteiger partial charge in [-0.2, -0.15) is 0 Å². The second-order valence-corrected chi connectivity index (χ2v) is 6.56. The molecule has 144 valence electrons. The Morgan fingerprint density at radius 2 is 2.11 bits per heavy atom. The first kappa shape index (κ1) is 18.9. The number of nitrogens with one attached hydrogen (secondary N) is 1. The zero-order valence-electron chi connectivity index (χ0n) is 15.2. The van der Waals surface area contributed by atoms with Gasteiger partial charge in [0, 0.05) is 31.5 Å². The number of carboxylic acid groups (broad SMARTS) is 1. The first-order chi connectivity index (χ1) is 13.1. The van der Waals surface area contributed by atoms with Crippen LogP contribution in [0.25, 0.3) is 0 Å². The number of ether oxygens (including phenoxy) is 1. The van der Waals surface area contributed by atoms with Crippen LogP contribution in [0.2, 0.25) is 0 Å². The monoisotopic (exact) mass is 372 g/mol. The van der Waals surface area contributed by atoms with Gasteiger partial charge in [0.05, 0.1) is 0 Å². The molecule has 3 rings (SSSR count). The van der Waals surface area contributed by atoms with E-state index >= 15 is 0 Å². The first-order valence-electron chi connectivity index (χ1n) is 9.27. The van der Waals surface area contributed by atoms with Crippen LogP contribution in [0.4, 0.5) is 0 Å². The van der Waals surface area contributed by atoms with Crippen molar-refractivity contribution in [2.24, 2.45) is 0 Å². The SMILES string of the molecule is O=C(O)COc1cccc(C(=O)NCCCc2nnc3n2CCCCC3)c1. The summed E-state index contributed by atoms with van der Waals surface area (Å²) in [6.07, 6.45) is 6.10. The number of hydrogen-bond donors (Lipinski definition) is 2. The summed E-state index contributed by atoms with van der Waals surface area (Å²) in [5, 5.41) is 20.1. The van der Waals surface area contributed by atoms with Gasteiger partial charge < -0.3 is 19.7 Å². The number of aryl methyl sites for hydroxylation is 2. The number of carbonyl (C=O) groups excluding carboxylic acids is 1. The molecule has 2 aromatic rings. The summed E-state index contributed by atoms with van der Waals surface area (Å²) in [6, 6.07) is 6.49. The van der Waals surface area contributed by atoms with Crippen LogP contribution in [0.1, 0.15) is 47.7 Å². The molecule has 0 fully saturated rings. The topological polar surface area (TPSA) is 106 Å². The number of benzene rings is 1. The molecular formula is C19H24N4O4. The molecule has 1 aromatic carbocycles. The minimum atomic E-state index is -1.06. The molecule has 8 heteroatoms. The maximum absolute atomic E-state index is 12.3. The van der Waals surface area contributed by atoms with Gasteiger partial charge in [0.2, 0.25) is 0 Å². The normalized spacial score (nSPS) is 13.5. The lowest BCUT2D eigenvalue weighted by atomic mass is 10.2. The predicted octanol–water partition coefficient (Wildman–Crippen LogP) is 1.83. The number of amides is 1. The van der Waals surface area contributed by atoms with Crippen molar-refractivity contribution < 1.29 is 19.4 Å². The van der Waals surface area contributed by atoms with E-state index in [1.807, 2.05) is 0 Å². The zero-order valence-corrected chi connectivity index (χ0v) is 15.2. The van der Waals surface area contributed by atoms with E-state index in [1.165, 1.54) is 18.9 Å². The number of aromatic nitrogens is 3. The minimum Gasteiger partial charge on any atom is -0.482 e. The van der Waals surface area contributed by atoms with Gasteiger partial charge in [-0.25, -0.2) is 4.79 Å². The van der Waals surface area contributed by atoms with Crippen molar-refractivity contribution in [2.75, 3.05) is 13.2 Å². The van der Waals surface area contributed by atoms with Crippen molar-refractivity contribution in [3.8, 4) is 5.75 Å². The zero-order chi connectivity index (χ0) is 19.1. The van der Waals surface area contributed by atoms with Crippen molar-refractivity contribution >= 4 is 11.9 Å². The number of carboxylic acids is 1. The largest absolute Gasteiger partial charge is 0.482 e. The molecule has 27 heavy (non-hydrogen) atoms. The smallest absolute Gasteiger partial charge is 0.341 e. The van der Waals surface area contributed by atoms with Gasteiger partial charge in [0.25, 0.3) is 5.91 Å². The van der Waals surface area contributed by atoms with Crippen molar-refractivity contribution in [1.29, 1.82) is 0 Å². The van der Waals surface area contributed by atoms with Crippen molar-refractivity contribution in [3.05, 3.63) is 41.5 Å². The number of rotatable bonds is 8. The highest BCUT2D eigenvalue weighted by Gasteiger charge is 2.14. The molecule has 0 bridgehead atoms. The number of hydrogen-bond acceptors (Lipinski definition) is 5. The molecule has 0 saturated heterocycles. The summed E-state index contributed by atoms with van der Waals surface area (Å²) >= 11 is 0. The molecular weight excluding hydrogens is 348 g/mol. The summed E-state index contributed by atoms with van der Waals surface area (Å²) in [4.78, 5) is 22.8. The molecule has 8 nitrogen and oxygen atoms in total. The highest BCUT2D eigenvalue weighted by Crippen LogP contribution is 2.15. The summed E-state index contributed by atoms with van der Waals surface area (Å²) in [5.41, 5.74) is 0.439. The van der Waals surface area contributed by atoms with E-state index in [9.17, 15) is 9.59 Å². The van der Waals surface area contributed by atoms with Gasteiger partial charge in [0.15, 0.2) is 6.61 Å². The Kier molecular flexibility index (Phi) is 6.40. The Morgan fingerprint density at radius 3 is 2.96 bits per heavy atom. The van der Waals surface area contributed by atoms with E-state index in [0.717, 1.165) is 43.9 Å². The Hall–Kier alpha value is -2.90. The average Bonchev–Trinajstić information content (AvgIpc) is 2.89. The molecule has 1 amide bonds. The molecule has 0 spiro atoms. The molecule has 0 radical (unpaired) electrons. The van der Waals surface area contributed by atoms with E-state index in [1.54, 1.807) is 18.2 Å². The Bertz CT molecular complexity index is 803. The van der Waals surface area contributed by atoms with Crippen molar-refractivity contribution in [3.63, 3.8) is 0 Å². The minimum absolute atomic E-state index is 0.212. The van der Waals surface area contributed by atoms with Crippen LogP contribution in [0.3, 0.4) is 0 Å². The van der Waals surface area contributed by atoms with Gasteiger partial charge in [-0.05, 0) is 37.5 Å². The number of aliphatic carboxylic acids is 1. The van der Waals surface area contributed by atoms with Gasteiger partial charge in [0.1, 0.15) is 17.4 Å². The van der Waals surface area contributed by atoms with Crippen LogP contribution < -0.4 is 10.1 Å². The maximum Gasteiger partial charge on any atom is 0.341 e. The fourth-order valence-corrected chi connectivity index (χ4v) is 3.15. The standard InChI is InChI=1S/C19H24N4O4/c24-18(25)13-27-15-7-4-6-14(12-15)19(26)20-10-5-9-17-22-21-16-8-2-1-3-11-23(16)17/h4,6-7,12H,1-3,5,8-11,13H2,(H,20,26)(H,24,25). The fourth-order valence-electron chi connectivity index (χ4n) is 3.15. The molecule has 2 heterocycles. The molecule has 0 atom stereocenters. The molecule has 1 aliphatic rings. The molecule has 1 aliphatic heterocycles. The lowest BCUT2D eigenvalue weighted by molar-refractivity contribution is -0.139. The quantitative estimate of drug-likeness (QED) is 0.685. The van der Waals surface area contributed by atoms with Crippen LogP contribution >= 0.6 is 0 Å². The number of fused-ring (bicyclic) bond motifs is 1. The van der Waals surface area contributed by atoms with E-state index in [0.29, 0.717) is 17.9 Å². The second-order valence-electron chi connectivity index (χ2n) is 6.56. The molecule has 2 N–H and O–H groups in total. The number of nitrogens with zero attached hydrogens (tertiary/aromatic N) is 3. The van der Waals surface area contributed by atoms with Crippen LogP contribution in [0.5, 0.6) is 5.75 Å². The molecule has 0 unspecified atom stereocenters. The molecule has 1 aromatic heterocycles. The highest BCUT2D eigenvalue weighted by molar-refractivity contribution is 5.94. The van der Waals surface area contributed by atoms with E-state index in [-0.39, 0.29) is 5.91 Å². The third kappa shape index (κ3) is 5.29. The van der Waals surface area contributed by atoms with Crippen LogP contribution in [-0.4, -0.2) is 44.9 Å². The van der Waals surface area contributed by atoms with Crippen LogP contribution in [0.15, 0.2) is 24.3 Å². The van der Waals surface area contributed by atoms with Gasteiger partial charge in [-0.3, -0.25) is 4.79 Å². The lowest BCUT2D eigenvalue weighted by Crippen LogP contribution is -2.25. The molecule has 0 aliphatic carbocycles. The summed E-state index contributed by atoms with van der Waals surface area (Å²) in [7, 11) is 0. The number of carbonyl (C=O) groups is 2. The Balaban J connectivity index is 1.47. The first-order valence-corrected chi connectivity index (χ1v) is 9.27. The summed E-state index contributed by atoms with van der Waals surface area (Å²) in [6.45, 7) is 1.07. The Labute approximate surface area is 157 Å². The second kappa shape index (κ2) is 9.16. The van der Waals surface area contributed by atoms with E-state index < -0.39 is 12.6 Å². The van der Waals surface area contributed by atoms with Gasteiger partial charge in [-0.15, -0.1) is 10.2 Å². The lowest BCUT2D eigenvalue weighted by Gasteiger charge is -2.09. The van der Waals surface area contributed by atoms with Crippen LogP contribution in [0, 0.1) is 0 Å². The van der Waals surface area contributed by atoms with E-state index in [2.05, 4.69) is 20.1 Å². The maximum atomic E-state index is 12.3. The van der Waals surface area contributed by atoms with Crippen molar-refractivity contribution in [1.82, 2.24) is 20.1 Å². The van der Waals surface area contributed by atoms with Gasteiger partial charge in [-0.1, -0.05) is 12.5 Å². The predicted molar refractivity (Wildman–Crippen MR) is 97.8 cm³/mol. The van der Waals surface area contributed by atoms with E-state index in [4.69, 9.17) is 9.84 Å². The highest BCUT2D eigenvalue weighted by atomic mass is 16.5. The van der Waals surface area contributed by atoms with Crippen molar-refractivity contribution in [2.45, 2.75) is 45.1 Å². The Morgan fingerprint density at radius 1 is 1.22 bits per heavy atom. The summed E-state index contributed by atoms with van der Waals surface area (Å²) < 4.78 is 7.32.